The number of aliphatic hydroxyl groups is 1. The van der Waals surface area contributed by atoms with Gasteiger partial charge >= 0.3 is 0 Å². The second-order valence-electron chi connectivity index (χ2n) is 3.71. The number of hydrogen-bond acceptors (Lipinski definition) is 6. The largest absolute Gasteiger partial charge is 0.394 e. The van der Waals surface area contributed by atoms with E-state index in [0.717, 1.165) is 13.1 Å². The molecule has 6 nitrogen and oxygen atoms in total. The predicted molar refractivity (Wildman–Crippen MR) is 62.2 cm³/mol. The van der Waals surface area contributed by atoms with Crippen LogP contribution in [0.3, 0.4) is 0 Å². The van der Waals surface area contributed by atoms with Gasteiger partial charge in [0.1, 0.15) is 0 Å². The highest BCUT2D eigenvalue weighted by Crippen LogP contribution is 1.96. The zero-order valence-corrected chi connectivity index (χ0v) is 10.2. The van der Waals surface area contributed by atoms with Crippen LogP contribution in [0.2, 0.25) is 0 Å². The molecule has 102 valence electrons. The third-order valence-corrected chi connectivity index (χ3v) is 2.30. The third kappa shape index (κ3) is 8.48. The van der Waals surface area contributed by atoms with Gasteiger partial charge in [0.25, 0.3) is 0 Å². The van der Waals surface area contributed by atoms with Crippen LogP contribution in [0.4, 0.5) is 0 Å². The molecule has 0 bridgehead atoms. The van der Waals surface area contributed by atoms with Crippen LogP contribution < -0.4 is 5.32 Å². The molecule has 1 aliphatic heterocycles. The molecule has 0 radical (unpaired) electrons. The third-order valence-electron chi connectivity index (χ3n) is 2.30. The molecule has 0 aliphatic carbocycles. The first-order chi connectivity index (χ1) is 8.43. The van der Waals surface area contributed by atoms with Crippen molar-refractivity contribution in [3.05, 3.63) is 0 Å². The van der Waals surface area contributed by atoms with Crippen molar-refractivity contribution in [2.24, 2.45) is 0 Å². The van der Waals surface area contributed by atoms with Crippen LogP contribution in [0.1, 0.15) is 0 Å². The highest BCUT2D eigenvalue weighted by atomic mass is 16.6. The Bertz CT molecular complexity index is 166. The minimum atomic E-state index is 0.0552. The average Bonchev–Trinajstić information content (AvgIpc) is 2.28. The molecule has 1 aliphatic rings. The number of hydrogen-bond donors (Lipinski definition) is 2. The molecular formula is C11H23NO5. The summed E-state index contributed by atoms with van der Waals surface area (Å²) in [6.45, 7) is 5.78. The van der Waals surface area contributed by atoms with E-state index in [1.165, 1.54) is 0 Å². The Kier molecular flexibility index (Phi) is 9.49. The lowest BCUT2D eigenvalue weighted by Gasteiger charge is -2.26. The lowest BCUT2D eigenvalue weighted by atomic mass is 10.2. The number of ether oxygens (including phenoxy) is 4. The minimum absolute atomic E-state index is 0.0552. The first-order valence-electron chi connectivity index (χ1n) is 6.10. The lowest BCUT2D eigenvalue weighted by Crippen LogP contribution is -2.48. The van der Waals surface area contributed by atoms with E-state index in [1.54, 1.807) is 0 Å². The van der Waals surface area contributed by atoms with Crippen LogP contribution >= 0.6 is 0 Å². The maximum absolute atomic E-state index is 8.45. The van der Waals surface area contributed by atoms with Crippen molar-refractivity contribution in [2.75, 3.05) is 65.9 Å². The smallest absolute Gasteiger partial charge is 0.0824 e. The normalized spacial score (nSPS) is 16.1. The Hall–Kier alpha value is -0.240. The van der Waals surface area contributed by atoms with Crippen molar-refractivity contribution in [3.8, 4) is 0 Å². The maximum Gasteiger partial charge on any atom is 0.0824 e. The van der Waals surface area contributed by atoms with Crippen molar-refractivity contribution in [1.82, 2.24) is 5.32 Å². The van der Waals surface area contributed by atoms with Gasteiger partial charge in [0.15, 0.2) is 0 Å². The second kappa shape index (κ2) is 10.9. The molecule has 0 aromatic carbocycles. The van der Waals surface area contributed by atoms with Crippen LogP contribution in [0.25, 0.3) is 0 Å². The van der Waals surface area contributed by atoms with Gasteiger partial charge in [-0.2, -0.15) is 0 Å². The molecule has 2 N–H and O–H groups in total. The lowest BCUT2D eigenvalue weighted by molar-refractivity contribution is -0.0319. The van der Waals surface area contributed by atoms with Gasteiger partial charge in [-0.1, -0.05) is 0 Å². The van der Waals surface area contributed by atoms with Crippen LogP contribution in [-0.2, 0) is 18.9 Å². The summed E-state index contributed by atoms with van der Waals surface area (Å²) < 4.78 is 21.1. The molecule has 1 heterocycles. The van der Waals surface area contributed by atoms with E-state index in [9.17, 15) is 0 Å². The van der Waals surface area contributed by atoms with Crippen molar-refractivity contribution < 1.29 is 24.1 Å². The molecular weight excluding hydrogens is 226 g/mol. The standard InChI is InChI=1S/C11H23NO5/c13-1-2-14-3-4-15-5-6-16-7-8-17-11-9-12-10-11/h11-13H,1-10H2. The van der Waals surface area contributed by atoms with E-state index in [1.807, 2.05) is 0 Å². The molecule has 0 aromatic heterocycles. The monoisotopic (exact) mass is 249 g/mol. The van der Waals surface area contributed by atoms with Gasteiger partial charge in [0, 0.05) is 13.1 Å². The van der Waals surface area contributed by atoms with Crippen LogP contribution in [0.5, 0.6) is 0 Å². The predicted octanol–water partition coefficient (Wildman–Crippen LogP) is -0.983. The summed E-state index contributed by atoms with van der Waals surface area (Å²) >= 11 is 0. The summed E-state index contributed by atoms with van der Waals surface area (Å²) in [5.41, 5.74) is 0. The molecule has 0 unspecified atom stereocenters. The van der Waals surface area contributed by atoms with Crippen molar-refractivity contribution in [1.29, 1.82) is 0 Å². The molecule has 0 amide bonds. The highest BCUT2D eigenvalue weighted by Gasteiger charge is 2.16. The Morgan fingerprint density at radius 2 is 1.35 bits per heavy atom. The van der Waals surface area contributed by atoms with Crippen molar-refractivity contribution in [3.63, 3.8) is 0 Å². The van der Waals surface area contributed by atoms with Gasteiger partial charge in [0.05, 0.1) is 59.0 Å². The van der Waals surface area contributed by atoms with Gasteiger partial charge in [-0.3, -0.25) is 0 Å². The molecule has 1 saturated heterocycles. The minimum Gasteiger partial charge on any atom is -0.394 e. The number of aliphatic hydroxyl groups excluding tert-OH is 1. The van der Waals surface area contributed by atoms with Gasteiger partial charge in [0.2, 0.25) is 0 Å². The Labute approximate surface area is 102 Å². The first kappa shape index (κ1) is 14.8. The highest BCUT2D eigenvalue weighted by molar-refractivity contribution is 4.74. The molecule has 1 rings (SSSR count). The Morgan fingerprint density at radius 1 is 0.824 bits per heavy atom. The fourth-order valence-corrected chi connectivity index (χ4v) is 1.26. The molecule has 1 fully saturated rings. The molecule has 0 atom stereocenters. The van der Waals surface area contributed by atoms with E-state index < -0.39 is 0 Å². The van der Waals surface area contributed by atoms with Crippen LogP contribution in [-0.4, -0.2) is 77.2 Å². The quantitative estimate of drug-likeness (QED) is 0.433. The van der Waals surface area contributed by atoms with Crippen molar-refractivity contribution in [2.45, 2.75) is 6.10 Å². The van der Waals surface area contributed by atoms with E-state index in [0.29, 0.717) is 52.4 Å². The van der Waals surface area contributed by atoms with E-state index in [-0.39, 0.29) is 6.61 Å². The van der Waals surface area contributed by atoms with Crippen LogP contribution in [0.15, 0.2) is 0 Å². The fraction of sp³-hybridized carbons (Fsp3) is 1.00. The van der Waals surface area contributed by atoms with E-state index >= 15 is 0 Å². The molecule has 6 heteroatoms. The van der Waals surface area contributed by atoms with E-state index in [2.05, 4.69) is 5.32 Å². The topological polar surface area (TPSA) is 69.2 Å². The van der Waals surface area contributed by atoms with Crippen molar-refractivity contribution >= 4 is 0 Å². The Balaban J connectivity index is 1.64. The Morgan fingerprint density at radius 3 is 1.82 bits per heavy atom. The summed E-state index contributed by atoms with van der Waals surface area (Å²) in [4.78, 5) is 0. The maximum atomic E-state index is 8.45. The summed E-state index contributed by atoms with van der Waals surface area (Å²) in [5, 5.41) is 11.6. The van der Waals surface area contributed by atoms with E-state index in [4.69, 9.17) is 24.1 Å². The van der Waals surface area contributed by atoms with Gasteiger partial charge in [-0.05, 0) is 0 Å². The SMILES string of the molecule is OCCOCCOCCOCCOC1CNC1. The van der Waals surface area contributed by atoms with Gasteiger partial charge in [-0.15, -0.1) is 0 Å². The average molecular weight is 249 g/mol. The molecule has 17 heavy (non-hydrogen) atoms. The zero-order chi connectivity index (χ0) is 12.2. The summed E-state index contributed by atoms with van der Waals surface area (Å²) in [7, 11) is 0. The zero-order valence-electron chi connectivity index (χ0n) is 10.2. The van der Waals surface area contributed by atoms with Gasteiger partial charge < -0.3 is 29.4 Å². The fourth-order valence-electron chi connectivity index (χ4n) is 1.26. The van der Waals surface area contributed by atoms with Crippen LogP contribution in [0, 0.1) is 0 Å². The number of rotatable bonds is 12. The first-order valence-corrected chi connectivity index (χ1v) is 6.10. The summed E-state index contributed by atoms with van der Waals surface area (Å²) in [5.74, 6) is 0. The molecule has 0 spiro atoms. The van der Waals surface area contributed by atoms with Gasteiger partial charge in [-0.25, -0.2) is 0 Å². The number of nitrogens with one attached hydrogen (secondary N) is 1. The second-order valence-corrected chi connectivity index (χ2v) is 3.71. The molecule has 0 saturated carbocycles. The molecule has 0 aromatic rings. The summed E-state index contributed by atoms with van der Waals surface area (Å²) in [6, 6.07) is 0. The summed E-state index contributed by atoms with van der Waals surface area (Å²) in [6.07, 6.45) is 0.374.